The Balaban J connectivity index is 1.68. The molecule has 4 N–H and O–H groups in total. The minimum Gasteiger partial charge on any atom is -0.394 e. The van der Waals surface area contributed by atoms with Gasteiger partial charge in [0.25, 0.3) is 5.56 Å². The Morgan fingerprint density at radius 2 is 1.73 bits per heavy atom. The molecule has 0 saturated carbocycles. The van der Waals surface area contributed by atoms with Gasteiger partial charge in [-0.15, -0.1) is 0 Å². The molecular formula is C25H25Cl3N6O3. The largest absolute Gasteiger partial charge is 0.394 e. The summed E-state index contributed by atoms with van der Waals surface area (Å²) in [5.41, 5.74) is 2.46. The number of aliphatic hydroxyl groups excluding tert-OH is 1. The summed E-state index contributed by atoms with van der Waals surface area (Å²) in [4.78, 5) is 34.0. The number of benzene rings is 2. The lowest BCUT2D eigenvalue weighted by Gasteiger charge is -2.12. The number of nitrogens with one attached hydrogen (secondary N) is 3. The number of halogens is 3. The maximum atomic E-state index is 13.1. The summed E-state index contributed by atoms with van der Waals surface area (Å²) in [5, 5.41) is 18.6. The maximum absolute atomic E-state index is 13.1. The van der Waals surface area contributed by atoms with Gasteiger partial charge in [0.15, 0.2) is 5.82 Å². The summed E-state index contributed by atoms with van der Waals surface area (Å²) in [6, 6.07) is 9.43. The molecular weight excluding hydrogens is 539 g/mol. The molecule has 2 aliphatic rings. The van der Waals surface area contributed by atoms with Crippen molar-refractivity contribution < 1.29 is 9.90 Å². The van der Waals surface area contributed by atoms with Gasteiger partial charge in [0.2, 0.25) is 0 Å². The molecule has 0 saturated heterocycles. The van der Waals surface area contributed by atoms with Crippen molar-refractivity contribution in [2.75, 3.05) is 11.9 Å². The van der Waals surface area contributed by atoms with Crippen LogP contribution < -0.4 is 16.2 Å². The third kappa shape index (κ3) is 5.91. The van der Waals surface area contributed by atoms with Crippen LogP contribution in [0.2, 0.25) is 15.1 Å². The van der Waals surface area contributed by atoms with E-state index in [1.54, 1.807) is 48.0 Å². The number of fused-ring (bicyclic) bond motifs is 1. The summed E-state index contributed by atoms with van der Waals surface area (Å²) in [7, 11) is 0. The van der Waals surface area contributed by atoms with Crippen LogP contribution in [0.15, 0.2) is 41.2 Å². The lowest BCUT2D eigenvalue weighted by Crippen LogP contribution is -2.38. The van der Waals surface area contributed by atoms with Crippen molar-refractivity contribution in [2.45, 2.75) is 39.2 Å². The van der Waals surface area contributed by atoms with Crippen molar-refractivity contribution in [3.8, 4) is 17.1 Å². The Bertz CT molecular complexity index is 1440. The molecule has 12 heteroatoms. The third-order valence-electron chi connectivity index (χ3n) is 5.62. The highest BCUT2D eigenvalue weighted by Gasteiger charge is 2.27. The molecule has 2 aromatic rings. The van der Waals surface area contributed by atoms with Gasteiger partial charge < -0.3 is 15.7 Å². The van der Waals surface area contributed by atoms with Gasteiger partial charge in [-0.25, -0.2) is 14.5 Å². The van der Waals surface area contributed by atoms with Crippen molar-refractivity contribution in [1.82, 2.24) is 25.1 Å². The number of aromatic amines is 1. The van der Waals surface area contributed by atoms with Crippen LogP contribution >= 0.6 is 34.8 Å². The Morgan fingerprint density at radius 3 is 2.32 bits per heavy atom. The normalized spacial score (nSPS) is 12.2. The number of nitrogens with zero attached hydrogens (tertiary/aromatic N) is 3. The van der Waals surface area contributed by atoms with Crippen molar-refractivity contribution in [2.24, 2.45) is 0 Å². The van der Waals surface area contributed by atoms with Gasteiger partial charge in [0, 0.05) is 17.1 Å². The number of carbonyl (C=O) groups excluding carboxylic acids is 1. The van der Waals surface area contributed by atoms with Gasteiger partial charge in [0.1, 0.15) is 17.1 Å². The Kier molecular flexibility index (Phi) is 8.08. The molecule has 4 rings (SSSR count). The van der Waals surface area contributed by atoms with Gasteiger partial charge in [-0.2, -0.15) is 4.98 Å². The maximum Gasteiger partial charge on any atom is 0.319 e. The second-order valence-electron chi connectivity index (χ2n) is 8.93. The SMILES string of the molecule is CC(CO)NC(=O)Nc1ccc(Cc2nc3n(-c4c(Cl)cc(Cl)cc4Cl)[nH]c(C(C)C)c-3c(=O)n2)cc1. The number of hydrogen-bond donors (Lipinski definition) is 4. The predicted octanol–water partition coefficient (Wildman–Crippen LogP) is 5.24. The van der Waals surface area contributed by atoms with Crippen molar-refractivity contribution in [3.05, 3.63) is 78.9 Å². The number of aromatic nitrogens is 4. The summed E-state index contributed by atoms with van der Waals surface area (Å²) in [6.07, 6.45) is 0.281. The number of anilines is 1. The molecule has 0 radical (unpaired) electrons. The number of amides is 2. The molecule has 0 fully saturated rings. The van der Waals surface area contributed by atoms with E-state index in [0.29, 0.717) is 49.3 Å². The molecule has 0 bridgehead atoms. The minimum atomic E-state index is -0.420. The summed E-state index contributed by atoms with van der Waals surface area (Å²) in [6.45, 7) is 5.44. The monoisotopic (exact) mass is 562 g/mol. The quantitative estimate of drug-likeness (QED) is 0.245. The van der Waals surface area contributed by atoms with E-state index in [1.807, 2.05) is 13.8 Å². The molecule has 2 heterocycles. The second-order valence-corrected chi connectivity index (χ2v) is 10.2. The lowest BCUT2D eigenvalue weighted by molar-refractivity contribution is 0.229. The number of urea groups is 1. The average Bonchev–Trinajstić information content (AvgIpc) is 3.19. The van der Waals surface area contributed by atoms with E-state index in [-0.39, 0.29) is 25.0 Å². The van der Waals surface area contributed by atoms with Crippen LogP contribution in [0, 0.1) is 0 Å². The van der Waals surface area contributed by atoms with Gasteiger partial charge in [-0.3, -0.25) is 9.89 Å². The summed E-state index contributed by atoms with van der Waals surface area (Å²) in [5.74, 6) is 0.656. The van der Waals surface area contributed by atoms with Gasteiger partial charge in [0.05, 0.1) is 28.4 Å². The summed E-state index contributed by atoms with van der Waals surface area (Å²) >= 11 is 19.0. The van der Waals surface area contributed by atoms with E-state index in [1.165, 1.54) is 0 Å². The minimum absolute atomic E-state index is 0.0200. The van der Waals surface area contributed by atoms with Crippen LogP contribution in [-0.4, -0.2) is 43.5 Å². The molecule has 0 aromatic heterocycles. The number of hydrogen-bond acceptors (Lipinski definition) is 5. The number of carbonyl (C=O) groups is 1. The van der Waals surface area contributed by atoms with Crippen LogP contribution in [0.5, 0.6) is 0 Å². The van der Waals surface area contributed by atoms with E-state index in [0.717, 1.165) is 5.56 Å². The van der Waals surface area contributed by atoms with Crippen LogP contribution in [0.3, 0.4) is 0 Å². The fourth-order valence-electron chi connectivity index (χ4n) is 3.83. The lowest BCUT2D eigenvalue weighted by atomic mass is 10.1. The molecule has 2 aliphatic heterocycles. The van der Waals surface area contributed by atoms with Crippen LogP contribution in [0.25, 0.3) is 17.1 Å². The highest BCUT2D eigenvalue weighted by Crippen LogP contribution is 2.36. The summed E-state index contributed by atoms with van der Waals surface area (Å²) < 4.78 is 1.59. The first-order valence-electron chi connectivity index (χ1n) is 11.5. The van der Waals surface area contributed by atoms with Crippen LogP contribution in [0.1, 0.15) is 43.8 Å². The highest BCUT2D eigenvalue weighted by atomic mass is 35.5. The molecule has 194 valence electrons. The molecule has 0 spiro atoms. The highest BCUT2D eigenvalue weighted by molar-refractivity contribution is 6.40. The van der Waals surface area contributed by atoms with Crippen LogP contribution in [-0.2, 0) is 6.42 Å². The fraction of sp³-hybridized carbons (Fsp3) is 0.280. The zero-order valence-electron chi connectivity index (χ0n) is 20.3. The standard InChI is InChI=1S/C25H25Cl3N6O3/c1-12(2)21-20-23(34(33-21)22-17(27)9-15(26)10-18(22)28)31-19(32-24(20)36)8-14-4-6-16(7-5-14)30-25(37)29-13(3)11-35/h4-7,9-10,12-13,33,35H,8,11H2,1-3H3,(H2,29,30,37). The van der Waals surface area contributed by atoms with Crippen molar-refractivity contribution in [1.29, 1.82) is 0 Å². The third-order valence-corrected chi connectivity index (χ3v) is 6.42. The first-order chi connectivity index (χ1) is 17.6. The zero-order chi connectivity index (χ0) is 26.9. The van der Waals surface area contributed by atoms with E-state index in [4.69, 9.17) is 44.9 Å². The van der Waals surface area contributed by atoms with Gasteiger partial charge in [-0.1, -0.05) is 60.8 Å². The van der Waals surface area contributed by atoms with Crippen molar-refractivity contribution >= 4 is 46.5 Å². The first kappa shape index (κ1) is 26.9. The number of H-pyrrole nitrogens is 1. The number of rotatable bonds is 7. The zero-order valence-corrected chi connectivity index (χ0v) is 22.5. The predicted molar refractivity (Wildman–Crippen MR) is 146 cm³/mol. The van der Waals surface area contributed by atoms with E-state index < -0.39 is 11.6 Å². The molecule has 0 aliphatic carbocycles. The molecule has 2 aromatic carbocycles. The Labute approximate surface area is 228 Å². The number of aliphatic hydroxyl groups is 1. The van der Waals surface area contributed by atoms with E-state index in [9.17, 15) is 9.59 Å². The Hall–Kier alpha value is -3.11. The molecule has 1 unspecified atom stereocenters. The molecule has 37 heavy (non-hydrogen) atoms. The Morgan fingerprint density at radius 1 is 1.08 bits per heavy atom. The molecule has 2 amide bonds. The van der Waals surface area contributed by atoms with Crippen molar-refractivity contribution in [3.63, 3.8) is 0 Å². The van der Waals surface area contributed by atoms with Gasteiger partial charge in [-0.05, 0) is 42.7 Å². The smallest absolute Gasteiger partial charge is 0.319 e. The van der Waals surface area contributed by atoms with Crippen LogP contribution in [0.4, 0.5) is 10.5 Å². The molecule has 9 nitrogen and oxygen atoms in total. The van der Waals surface area contributed by atoms with E-state index in [2.05, 4.69) is 20.7 Å². The topological polar surface area (TPSA) is 125 Å². The average molecular weight is 564 g/mol. The first-order valence-corrected chi connectivity index (χ1v) is 12.6. The second kappa shape index (κ2) is 11.1. The molecule has 1 atom stereocenters. The fourth-order valence-corrected chi connectivity index (χ4v) is 4.82. The van der Waals surface area contributed by atoms with Gasteiger partial charge >= 0.3 is 6.03 Å². The van der Waals surface area contributed by atoms with E-state index >= 15 is 0 Å².